The molecule has 6 heteroatoms. The lowest BCUT2D eigenvalue weighted by Gasteiger charge is -2.36. The Hall–Kier alpha value is -0.490. The second-order valence-corrected chi connectivity index (χ2v) is 7.26. The van der Waals surface area contributed by atoms with Crippen molar-refractivity contribution in [2.75, 3.05) is 0 Å². The second-order valence-electron chi connectivity index (χ2n) is 5.55. The molecule has 2 heterocycles. The highest BCUT2D eigenvalue weighted by atomic mass is 35.5. The zero-order chi connectivity index (χ0) is 13.6. The summed E-state index contributed by atoms with van der Waals surface area (Å²) in [5.74, 6) is 0. The Balaban J connectivity index is 0.00000180. The van der Waals surface area contributed by atoms with Gasteiger partial charge in [-0.2, -0.15) is 0 Å². The fourth-order valence-electron chi connectivity index (χ4n) is 1.77. The fourth-order valence-corrected chi connectivity index (χ4v) is 4.05. The standard InChI is InChI=1S/C13H18N2OS2.ClH/c1-8-6-17-10(14-8)13(16,12(3,4)5)11-15-9(2)7-18-11;/h6-7,16H,1-5H3;1H. The Labute approximate surface area is 128 Å². The van der Waals surface area contributed by atoms with Crippen molar-refractivity contribution in [2.45, 2.75) is 40.2 Å². The highest BCUT2D eigenvalue weighted by molar-refractivity contribution is 7.11. The largest absolute Gasteiger partial charge is 0.375 e. The minimum absolute atomic E-state index is 0. The van der Waals surface area contributed by atoms with Gasteiger partial charge in [0.2, 0.25) is 0 Å². The summed E-state index contributed by atoms with van der Waals surface area (Å²) in [5.41, 5.74) is 0.392. The third-order valence-corrected chi connectivity index (χ3v) is 5.08. The molecular formula is C13H19ClN2OS2. The van der Waals surface area contributed by atoms with Gasteiger partial charge in [-0.3, -0.25) is 0 Å². The highest BCUT2D eigenvalue weighted by Gasteiger charge is 2.48. The van der Waals surface area contributed by atoms with Gasteiger partial charge in [0.25, 0.3) is 0 Å². The minimum atomic E-state index is -1.12. The Morgan fingerprint density at radius 3 is 1.53 bits per heavy atom. The van der Waals surface area contributed by atoms with E-state index in [0.29, 0.717) is 0 Å². The van der Waals surface area contributed by atoms with Crippen LogP contribution in [0.2, 0.25) is 0 Å². The van der Waals surface area contributed by atoms with Crippen molar-refractivity contribution >= 4 is 35.1 Å². The van der Waals surface area contributed by atoms with E-state index >= 15 is 0 Å². The summed E-state index contributed by atoms with van der Waals surface area (Å²) < 4.78 is 0. The van der Waals surface area contributed by atoms with Gasteiger partial charge in [0, 0.05) is 27.6 Å². The molecule has 0 amide bonds. The minimum Gasteiger partial charge on any atom is -0.375 e. The molecule has 0 saturated heterocycles. The van der Waals surface area contributed by atoms with Crippen molar-refractivity contribution in [2.24, 2.45) is 5.41 Å². The van der Waals surface area contributed by atoms with Crippen LogP contribution in [0.15, 0.2) is 10.8 Å². The first-order valence-corrected chi connectivity index (χ1v) is 7.58. The maximum Gasteiger partial charge on any atom is 0.172 e. The average Bonchev–Trinajstić information content (AvgIpc) is 2.84. The molecule has 0 saturated carbocycles. The number of aryl methyl sites for hydroxylation is 2. The van der Waals surface area contributed by atoms with Crippen molar-refractivity contribution in [1.82, 2.24) is 9.97 Å². The van der Waals surface area contributed by atoms with E-state index in [9.17, 15) is 5.11 Å². The number of nitrogens with zero attached hydrogens (tertiary/aromatic N) is 2. The van der Waals surface area contributed by atoms with Crippen molar-refractivity contribution in [3.05, 3.63) is 32.2 Å². The van der Waals surface area contributed by atoms with Gasteiger partial charge in [-0.25, -0.2) is 9.97 Å². The SMILES string of the molecule is Cc1csc(C(O)(c2nc(C)cs2)C(C)(C)C)n1.Cl. The van der Waals surface area contributed by atoms with Crippen LogP contribution in [0.25, 0.3) is 0 Å². The zero-order valence-corrected chi connectivity index (χ0v) is 14.2. The lowest BCUT2D eigenvalue weighted by molar-refractivity contribution is -0.0263. The van der Waals surface area contributed by atoms with Crippen LogP contribution < -0.4 is 0 Å². The molecule has 0 fully saturated rings. The van der Waals surface area contributed by atoms with Gasteiger partial charge in [-0.1, -0.05) is 20.8 Å². The number of aromatic nitrogens is 2. The van der Waals surface area contributed by atoms with Crippen LogP contribution >= 0.6 is 35.1 Å². The van der Waals surface area contributed by atoms with Gasteiger partial charge >= 0.3 is 0 Å². The van der Waals surface area contributed by atoms with Crippen molar-refractivity contribution in [3.8, 4) is 0 Å². The number of rotatable bonds is 2. The summed E-state index contributed by atoms with van der Waals surface area (Å²) in [4.78, 5) is 8.94. The first-order valence-electron chi connectivity index (χ1n) is 5.83. The third kappa shape index (κ3) is 2.84. The van der Waals surface area contributed by atoms with Gasteiger partial charge in [0.15, 0.2) is 5.60 Å². The summed E-state index contributed by atoms with van der Waals surface area (Å²) >= 11 is 2.99. The predicted octanol–water partition coefficient (Wildman–Crippen LogP) is 3.92. The summed E-state index contributed by atoms with van der Waals surface area (Å²) in [6.07, 6.45) is 0. The van der Waals surface area contributed by atoms with Crippen LogP contribution in [0, 0.1) is 19.3 Å². The van der Waals surface area contributed by atoms with Gasteiger partial charge in [-0.05, 0) is 13.8 Å². The molecule has 2 aromatic rings. The first kappa shape index (κ1) is 16.6. The molecule has 19 heavy (non-hydrogen) atoms. The third-order valence-electron chi connectivity index (χ3n) is 2.94. The van der Waals surface area contributed by atoms with Crippen LogP contribution in [0.4, 0.5) is 0 Å². The van der Waals surface area contributed by atoms with E-state index in [-0.39, 0.29) is 17.8 Å². The van der Waals surface area contributed by atoms with E-state index in [2.05, 4.69) is 9.97 Å². The van der Waals surface area contributed by atoms with Gasteiger partial charge in [-0.15, -0.1) is 35.1 Å². The maximum atomic E-state index is 11.2. The molecule has 0 aliphatic rings. The number of thiazole rings is 2. The summed E-state index contributed by atoms with van der Waals surface area (Å²) in [6.45, 7) is 9.92. The maximum absolute atomic E-state index is 11.2. The molecule has 0 aliphatic carbocycles. The number of hydrogen-bond donors (Lipinski definition) is 1. The molecule has 0 bridgehead atoms. The van der Waals surface area contributed by atoms with E-state index in [1.807, 2.05) is 45.4 Å². The molecule has 0 radical (unpaired) electrons. The van der Waals surface area contributed by atoms with Crippen molar-refractivity contribution in [3.63, 3.8) is 0 Å². The average molecular weight is 319 g/mol. The molecule has 2 rings (SSSR count). The smallest absolute Gasteiger partial charge is 0.172 e. The van der Waals surface area contributed by atoms with Crippen LogP contribution in [-0.4, -0.2) is 15.1 Å². The van der Waals surface area contributed by atoms with Gasteiger partial charge in [0.1, 0.15) is 10.0 Å². The number of hydrogen-bond acceptors (Lipinski definition) is 5. The van der Waals surface area contributed by atoms with Crippen LogP contribution in [0.1, 0.15) is 42.2 Å². The van der Waals surface area contributed by atoms with Crippen LogP contribution in [0.3, 0.4) is 0 Å². The summed E-state index contributed by atoms with van der Waals surface area (Å²) in [7, 11) is 0. The second kappa shape index (κ2) is 5.48. The van der Waals surface area contributed by atoms with E-state index < -0.39 is 5.60 Å². The van der Waals surface area contributed by atoms with E-state index in [4.69, 9.17) is 0 Å². The van der Waals surface area contributed by atoms with E-state index in [0.717, 1.165) is 21.4 Å². The topological polar surface area (TPSA) is 46.0 Å². The quantitative estimate of drug-likeness (QED) is 0.912. The molecule has 2 aromatic heterocycles. The van der Waals surface area contributed by atoms with E-state index in [1.165, 1.54) is 22.7 Å². The molecule has 0 unspecified atom stereocenters. The summed E-state index contributed by atoms with van der Waals surface area (Å²) in [5, 5.41) is 16.6. The molecule has 0 atom stereocenters. The highest BCUT2D eigenvalue weighted by Crippen LogP contribution is 2.46. The zero-order valence-electron chi connectivity index (χ0n) is 11.7. The van der Waals surface area contributed by atoms with Crippen molar-refractivity contribution < 1.29 is 5.11 Å². The number of aliphatic hydroxyl groups is 1. The lowest BCUT2D eigenvalue weighted by Crippen LogP contribution is -2.41. The van der Waals surface area contributed by atoms with Crippen molar-refractivity contribution in [1.29, 1.82) is 0 Å². The predicted molar refractivity (Wildman–Crippen MR) is 83.4 cm³/mol. The molecule has 0 spiro atoms. The normalized spacial score (nSPS) is 12.3. The van der Waals surface area contributed by atoms with Crippen LogP contribution in [0.5, 0.6) is 0 Å². The van der Waals surface area contributed by atoms with Gasteiger partial charge < -0.3 is 5.11 Å². The summed E-state index contributed by atoms with van der Waals surface area (Å²) in [6, 6.07) is 0. The first-order chi connectivity index (χ1) is 8.25. The van der Waals surface area contributed by atoms with Gasteiger partial charge in [0.05, 0.1) is 0 Å². The Morgan fingerprint density at radius 2 is 1.32 bits per heavy atom. The monoisotopic (exact) mass is 318 g/mol. The molecule has 0 aromatic carbocycles. The Morgan fingerprint density at radius 1 is 0.947 bits per heavy atom. The molecule has 1 N–H and O–H groups in total. The molecule has 106 valence electrons. The number of halogens is 1. The molecular weight excluding hydrogens is 300 g/mol. The Kier molecular flexibility index (Phi) is 4.78. The molecule has 0 aliphatic heterocycles. The van der Waals surface area contributed by atoms with Crippen LogP contribution in [-0.2, 0) is 5.60 Å². The van der Waals surface area contributed by atoms with E-state index in [1.54, 1.807) is 0 Å². The molecule has 3 nitrogen and oxygen atoms in total. The lowest BCUT2D eigenvalue weighted by atomic mass is 9.77. The fraction of sp³-hybridized carbons (Fsp3) is 0.538. The Bertz CT molecular complexity index is 517.